The number of hydrogen-bond acceptors (Lipinski definition) is 2. The van der Waals surface area contributed by atoms with Gasteiger partial charge in [0.25, 0.3) is 0 Å². The Labute approximate surface area is 108 Å². The van der Waals surface area contributed by atoms with Crippen molar-refractivity contribution in [1.29, 1.82) is 0 Å². The highest BCUT2D eigenvalue weighted by atomic mass is 15.2. The van der Waals surface area contributed by atoms with Gasteiger partial charge in [0.2, 0.25) is 0 Å². The molecule has 2 heteroatoms. The SMILES string of the molecule is CCCN(CCC)C1(CN)CCCC(CC)C1. The molecule has 2 nitrogen and oxygen atoms in total. The summed E-state index contributed by atoms with van der Waals surface area (Å²) in [6.07, 6.45) is 9.27. The summed E-state index contributed by atoms with van der Waals surface area (Å²) in [6.45, 7) is 10.2. The maximum Gasteiger partial charge on any atom is 0.0334 e. The summed E-state index contributed by atoms with van der Waals surface area (Å²) >= 11 is 0. The fourth-order valence-electron chi connectivity index (χ4n) is 3.54. The molecule has 1 rings (SSSR count). The van der Waals surface area contributed by atoms with Crippen molar-refractivity contribution in [3.8, 4) is 0 Å². The van der Waals surface area contributed by atoms with Crippen molar-refractivity contribution >= 4 is 0 Å². The smallest absolute Gasteiger partial charge is 0.0334 e. The third-order valence-corrected chi connectivity index (χ3v) is 4.54. The van der Waals surface area contributed by atoms with Gasteiger partial charge in [0.1, 0.15) is 0 Å². The summed E-state index contributed by atoms with van der Waals surface area (Å²) in [4.78, 5) is 2.70. The molecule has 0 saturated heterocycles. The van der Waals surface area contributed by atoms with Crippen LogP contribution in [-0.4, -0.2) is 30.1 Å². The Balaban J connectivity index is 2.75. The van der Waals surface area contributed by atoms with Gasteiger partial charge in [-0.05, 0) is 44.7 Å². The number of nitrogens with zero attached hydrogens (tertiary/aromatic N) is 1. The number of rotatable bonds is 7. The van der Waals surface area contributed by atoms with Crippen LogP contribution in [-0.2, 0) is 0 Å². The summed E-state index contributed by atoms with van der Waals surface area (Å²) < 4.78 is 0. The van der Waals surface area contributed by atoms with Gasteiger partial charge >= 0.3 is 0 Å². The van der Waals surface area contributed by atoms with Gasteiger partial charge < -0.3 is 5.73 Å². The second-order valence-electron chi connectivity index (χ2n) is 5.79. The Morgan fingerprint density at radius 3 is 2.29 bits per heavy atom. The van der Waals surface area contributed by atoms with E-state index >= 15 is 0 Å². The Hall–Kier alpha value is -0.0800. The normalized spacial score (nSPS) is 29.8. The molecule has 0 aromatic rings. The van der Waals surface area contributed by atoms with Crippen LogP contribution < -0.4 is 5.73 Å². The lowest BCUT2D eigenvalue weighted by atomic mass is 9.73. The first kappa shape index (κ1) is 15.0. The van der Waals surface area contributed by atoms with Crippen molar-refractivity contribution in [3.05, 3.63) is 0 Å². The van der Waals surface area contributed by atoms with E-state index in [1.807, 2.05) is 0 Å². The van der Waals surface area contributed by atoms with Crippen molar-refractivity contribution in [3.63, 3.8) is 0 Å². The molecular formula is C15H32N2. The first-order valence-corrected chi connectivity index (χ1v) is 7.67. The summed E-state index contributed by atoms with van der Waals surface area (Å²) in [5, 5.41) is 0. The predicted molar refractivity (Wildman–Crippen MR) is 76.2 cm³/mol. The van der Waals surface area contributed by atoms with E-state index in [4.69, 9.17) is 5.73 Å². The predicted octanol–water partition coefficient (Wildman–Crippen LogP) is 3.41. The summed E-state index contributed by atoms with van der Waals surface area (Å²) in [6, 6.07) is 0. The molecule has 0 aliphatic heterocycles. The highest BCUT2D eigenvalue weighted by Crippen LogP contribution is 2.37. The molecule has 0 bridgehead atoms. The highest BCUT2D eigenvalue weighted by Gasteiger charge is 2.38. The van der Waals surface area contributed by atoms with Crippen molar-refractivity contribution in [2.24, 2.45) is 11.7 Å². The van der Waals surface area contributed by atoms with Crippen LogP contribution in [0, 0.1) is 5.92 Å². The van der Waals surface area contributed by atoms with Crippen LogP contribution in [0.3, 0.4) is 0 Å². The van der Waals surface area contributed by atoms with Gasteiger partial charge in [-0.2, -0.15) is 0 Å². The molecule has 1 aliphatic rings. The van der Waals surface area contributed by atoms with Crippen molar-refractivity contribution in [1.82, 2.24) is 4.90 Å². The molecule has 2 unspecified atom stereocenters. The zero-order chi connectivity index (χ0) is 12.7. The minimum absolute atomic E-state index is 0.324. The summed E-state index contributed by atoms with van der Waals surface area (Å²) in [5.41, 5.74) is 6.50. The Morgan fingerprint density at radius 2 is 1.82 bits per heavy atom. The topological polar surface area (TPSA) is 29.3 Å². The van der Waals surface area contributed by atoms with E-state index in [1.165, 1.54) is 58.0 Å². The van der Waals surface area contributed by atoms with Gasteiger partial charge in [0.05, 0.1) is 0 Å². The molecule has 0 radical (unpaired) electrons. The molecule has 102 valence electrons. The first-order valence-electron chi connectivity index (χ1n) is 7.67. The van der Waals surface area contributed by atoms with E-state index in [2.05, 4.69) is 25.7 Å². The van der Waals surface area contributed by atoms with Gasteiger partial charge in [-0.15, -0.1) is 0 Å². The van der Waals surface area contributed by atoms with Gasteiger partial charge in [0.15, 0.2) is 0 Å². The second kappa shape index (κ2) is 7.38. The summed E-state index contributed by atoms with van der Waals surface area (Å²) in [5.74, 6) is 0.906. The largest absolute Gasteiger partial charge is 0.329 e. The van der Waals surface area contributed by atoms with Gasteiger partial charge in [-0.25, -0.2) is 0 Å². The van der Waals surface area contributed by atoms with Crippen LogP contribution in [0.4, 0.5) is 0 Å². The monoisotopic (exact) mass is 240 g/mol. The molecule has 1 fully saturated rings. The molecule has 0 aromatic heterocycles. The highest BCUT2D eigenvalue weighted by molar-refractivity contribution is 4.96. The lowest BCUT2D eigenvalue weighted by Crippen LogP contribution is -2.56. The average molecular weight is 240 g/mol. The average Bonchev–Trinajstić information content (AvgIpc) is 2.38. The maximum absolute atomic E-state index is 6.17. The molecule has 0 aromatic carbocycles. The van der Waals surface area contributed by atoms with E-state index in [9.17, 15) is 0 Å². The van der Waals surface area contributed by atoms with E-state index in [1.54, 1.807) is 0 Å². The third-order valence-electron chi connectivity index (χ3n) is 4.54. The zero-order valence-electron chi connectivity index (χ0n) is 12.2. The van der Waals surface area contributed by atoms with Gasteiger partial charge in [-0.1, -0.05) is 40.0 Å². The molecule has 2 N–H and O–H groups in total. The molecule has 1 saturated carbocycles. The summed E-state index contributed by atoms with van der Waals surface area (Å²) in [7, 11) is 0. The zero-order valence-corrected chi connectivity index (χ0v) is 12.2. The first-order chi connectivity index (χ1) is 8.22. The molecule has 0 spiro atoms. The van der Waals surface area contributed by atoms with Crippen LogP contribution in [0.2, 0.25) is 0 Å². The molecular weight excluding hydrogens is 208 g/mol. The Bertz CT molecular complexity index is 199. The Morgan fingerprint density at radius 1 is 1.18 bits per heavy atom. The van der Waals surface area contributed by atoms with E-state index < -0.39 is 0 Å². The van der Waals surface area contributed by atoms with Crippen LogP contribution in [0.25, 0.3) is 0 Å². The van der Waals surface area contributed by atoms with Gasteiger partial charge in [0, 0.05) is 12.1 Å². The Kier molecular flexibility index (Phi) is 6.50. The minimum atomic E-state index is 0.324. The van der Waals surface area contributed by atoms with Crippen LogP contribution in [0.1, 0.15) is 65.7 Å². The fraction of sp³-hybridized carbons (Fsp3) is 1.00. The third kappa shape index (κ3) is 3.69. The van der Waals surface area contributed by atoms with Gasteiger partial charge in [-0.3, -0.25) is 4.90 Å². The van der Waals surface area contributed by atoms with Crippen molar-refractivity contribution < 1.29 is 0 Å². The maximum atomic E-state index is 6.17. The lowest BCUT2D eigenvalue weighted by Gasteiger charge is -2.48. The molecule has 1 aliphatic carbocycles. The second-order valence-corrected chi connectivity index (χ2v) is 5.79. The minimum Gasteiger partial charge on any atom is -0.329 e. The number of hydrogen-bond donors (Lipinski definition) is 1. The van der Waals surface area contributed by atoms with Crippen LogP contribution >= 0.6 is 0 Å². The fourth-order valence-corrected chi connectivity index (χ4v) is 3.54. The van der Waals surface area contributed by atoms with Crippen molar-refractivity contribution in [2.45, 2.75) is 71.3 Å². The molecule has 0 amide bonds. The van der Waals surface area contributed by atoms with E-state index in [-0.39, 0.29) is 0 Å². The quantitative estimate of drug-likeness (QED) is 0.739. The van der Waals surface area contributed by atoms with E-state index in [0.717, 1.165) is 12.5 Å². The van der Waals surface area contributed by atoms with E-state index in [0.29, 0.717) is 5.54 Å². The van der Waals surface area contributed by atoms with Crippen LogP contribution in [0.5, 0.6) is 0 Å². The lowest BCUT2D eigenvalue weighted by molar-refractivity contribution is 0.0345. The molecule has 0 heterocycles. The van der Waals surface area contributed by atoms with Crippen molar-refractivity contribution in [2.75, 3.05) is 19.6 Å². The number of nitrogens with two attached hydrogens (primary N) is 1. The standard InChI is InChI=1S/C15H32N2/c1-4-10-17(11-5-2)15(13-16)9-7-8-14(6-3)12-15/h14H,4-13,16H2,1-3H3. The van der Waals surface area contributed by atoms with Crippen LogP contribution in [0.15, 0.2) is 0 Å². The molecule has 2 atom stereocenters. The molecule has 17 heavy (non-hydrogen) atoms.